The molecule has 0 saturated carbocycles. The lowest BCUT2D eigenvalue weighted by molar-refractivity contribution is 0.385. The van der Waals surface area contributed by atoms with Crippen molar-refractivity contribution in [2.75, 3.05) is 28.4 Å². The van der Waals surface area contributed by atoms with Crippen molar-refractivity contribution in [2.24, 2.45) is 0 Å². The minimum absolute atomic E-state index is 0.0205. The summed E-state index contributed by atoms with van der Waals surface area (Å²) in [6, 6.07) is 7.43. The number of rotatable bonds is 5. The molecule has 2 aromatic rings. The molecule has 0 spiro atoms. The number of nitrogens with one attached hydrogen (secondary N) is 1. The number of nitrogens with zero attached hydrogens (tertiary/aromatic N) is 1. The summed E-state index contributed by atoms with van der Waals surface area (Å²) < 4.78 is 71.0. The van der Waals surface area contributed by atoms with Crippen molar-refractivity contribution in [3.63, 3.8) is 0 Å². The Hall–Kier alpha value is -2.04. The first-order chi connectivity index (χ1) is 12.6. The van der Waals surface area contributed by atoms with Crippen molar-refractivity contribution in [2.45, 2.75) is 11.3 Å². The number of benzene rings is 2. The molecule has 11 heteroatoms. The molecule has 27 heavy (non-hydrogen) atoms. The zero-order valence-corrected chi connectivity index (χ0v) is 16.5. The zero-order valence-electron chi connectivity index (χ0n) is 14.1. The number of anilines is 2. The molecule has 2 aromatic carbocycles. The molecule has 1 aliphatic rings. The number of ether oxygens (including phenoxy) is 1. The third-order valence-corrected chi connectivity index (χ3v) is 7.56. The zero-order chi connectivity index (χ0) is 19.8. The van der Waals surface area contributed by atoms with Crippen molar-refractivity contribution in [1.29, 1.82) is 0 Å². The van der Waals surface area contributed by atoms with Gasteiger partial charge in [-0.15, -0.1) is 0 Å². The Bertz CT molecular complexity index is 1090. The van der Waals surface area contributed by atoms with E-state index in [0.717, 1.165) is 6.07 Å². The Balaban J connectivity index is 1.88. The topological polar surface area (TPSA) is 92.8 Å². The van der Waals surface area contributed by atoms with Gasteiger partial charge in [-0.3, -0.25) is 9.03 Å². The van der Waals surface area contributed by atoms with Gasteiger partial charge in [0.15, 0.2) is 11.6 Å². The molecule has 0 atom stereocenters. The SMILES string of the molecule is COc1ccc(S(=O)(=O)Nc2ccc(N3CCCS3(=O)=O)cc2Cl)cc1F. The predicted octanol–water partition coefficient (Wildman–Crippen LogP) is 2.83. The van der Waals surface area contributed by atoms with Crippen LogP contribution in [0.25, 0.3) is 0 Å². The fourth-order valence-electron chi connectivity index (χ4n) is 2.69. The predicted molar refractivity (Wildman–Crippen MR) is 101 cm³/mol. The van der Waals surface area contributed by atoms with Crippen molar-refractivity contribution in [3.05, 3.63) is 47.2 Å². The van der Waals surface area contributed by atoms with E-state index in [1.165, 1.54) is 41.7 Å². The number of halogens is 2. The third kappa shape index (κ3) is 3.97. The van der Waals surface area contributed by atoms with Gasteiger partial charge < -0.3 is 4.74 Å². The van der Waals surface area contributed by atoms with Crippen LogP contribution >= 0.6 is 11.6 Å². The maximum absolute atomic E-state index is 13.8. The van der Waals surface area contributed by atoms with Gasteiger partial charge in [-0.25, -0.2) is 21.2 Å². The van der Waals surface area contributed by atoms with Gasteiger partial charge in [0.2, 0.25) is 10.0 Å². The van der Waals surface area contributed by atoms with Gasteiger partial charge in [0.1, 0.15) is 0 Å². The van der Waals surface area contributed by atoms with E-state index >= 15 is 0 Å². The minimum atomic E-state index is -4.10. The van der Waals surface area contributed by atoms with Crippen molar-refractivity contribution in [3.8, 4) is 5.75 Å². The van der Waals surface area contributed by atoms with E-state index in [9.17, 15) is 21.2 Å². The maximum atomic E-state index is 13.8. The summed E-state index contributed by atoms with van der Waals surface area (Å²) in [4.78, 5) is -0.303. The lowest BCUT2D eigenvalue weighted by Gasteiger charge is -2.18. The molecule has 0 bridgehead atoms. The molecule has 0 unspecified atom stereocenters. The second-order valence-corrected chi connectivity index (χ2v) is 9.91. The monoisotopic (exact) mass is 434 g/mol. The first kappa shape index (κ1) is 19.7. The van der Waals surface area contributed by atoms with Crippen LogP contribution in [0.2, 0.25) is 5.02 Å². The van der Waals surface area contributed by atoms with Crippen LogP contribution in [0.1, 0.15) is 6.42 Å². The Morgan fingerprint density at radius 3 is 2.52 bits per heavy atom. The summed E-state index contributed by atoms with van der Waals surface area (Å²) in [5.74, 6) is -0.841. The van der Waals surface area contributed by atoms with Crippen LogP contribution in [0, 0.1) is 5.82 Å². The van der Waals surface area contributed by atoms with Gasteiger partial charge in [-0.1, -0.05) is 11.6 Å². The van der Waals surface area contributed by atoms with Crippen molar-refractivity contribution in [1.82, 2.24) is 0 Å². The third-order valence-electron chi connectivity index (χ3n) is 4.02. The molecular weight excluding hydrogens is 419 g/mol. The number of sulfonamides is 2. The molecule has 1 heterocycles. The van der Waals surface area contributed by atoms with E-state index in [4.69, 9.17) is 16.3 Å². The van der Waals surface area contributed by atoms with Crippen LogP contribution in [0.5, 0.6) is 5.75 Å². The first-order valence-electron chi connectivity index (χ1n) is 7.80. The van der Waals surface area contributed by atoms with Crippen molar-refractivity contribution >= 4 is 43.0 Å². The van der Waals surface area contributed by atoms with E-state index in [2.05, 4.69) is 4.72 Å². The normalized spacial score (nSPS) is 16.3. The summed E-state index contributed by atoms with van der Waals surface area (Å²) in [6.07, 6.45) is 0.511. The average molecular weight is 435 g/mol. The molecule has 0 amide bonds. The molecule has 7 nitrogen and oxygen atoms in total. The quantitative estimate of drug-likeness (QED) is 0.781. The summed E-state index contributed by atoms with van der Waals surface area (Å²) in [5.41, 5.74) is 0.407. The molecule has 0 aromatic heterocycles. The summed E-state index contributed by atoms with van der Waals surface area (Å²) in [5, 5.41) is 0.0205. The second kappa shape index (κ2) is 7.17. The number of hydrogen-bond donors (Lipinski definition) is 1. The van der Waals surface area contributed by atoms with Gasteiger partial charge in [-0.05, 0) is 42.8 Å². The highest BCUT2D eigenvalue weighted by Gasteiger charge is 2.29. The van der Waals surface area contributed by atoms with Crippen LogP contribution in [0.15, 0.2) is 41.3 Å². The fraction of sp³-hybridized carbons (Fsp3) is 0.250. The molecule has 0 aliphatic carbocycles. The summed E-state index contributed by atoms with van der Waals surface area (Å²) >= 11 is 6.13. The van der Waals surface area contributed by atoms with Gasteiger partial charge in [0.05, 0.1) is 34.2 Å². The van der Waals surface area contributed by atoms with E-state index in [1.807, 2.05) is 0 Å². The highest BCUT2D eigenvalue weighted by Crippen LogP contribution is 2.32. The maximum Gasteiger partial charge on any atom is 0.262 e. The van der Waals surface area contributed by atoms with Crippen LogP contribution in [-0.2, 0) is 20.0 Å². The standard InChI is InChI=1S/C16H16ClFN2O5S2/c1-25-16-6-4-12(10-14(16)18)27(23,24)19-15-5-3-11(9-13(15)17)20-7-2-8-26(20,21)22/h3-6,9-10,19H,2,7-8H2,1H3. The first-order valence-corrected chi connectivity index (χ1v) is 11.3. The molecule has 0 radical (unpaired) electrons. The van der Waals surface area contributed by atoms with Gasteiger partial charge in [-0.2, -0.15) is 0 Å². The molecule has 1 fully saturated rings. The van der Waals surface area contributed by atoms with Crippen LogP contribution in [0.3, 0.4) is 0 Å². The van der Waals surface area contributed by atoms with Crippen LogP contribution < -0.4 is 13.8 Å². The van der Waals surface area contributed by atoms with Gasteiger partial charge >= 0.3 is 0 Å². The fourth-order valence-corrected chi connectivity index (χ4v) is 5.61. The highest BCUT2D eigenvalue weighted by molar-refractivity contribution is 7.93. The molecule has 1 saturated heterocycles. The smallest absolute Gasteiger partial charge is 0.262 e. The molecular formula is C16H16ClFN2O5S2. The number of hydrogen-bond acceptors (Lipinski definition) is 5. The minimum Gasteiger partial charge on any atom is -0.494 e. The Kier molecular flexibility index (Phi) is 5.24. The summed E-state index contributed by atoms with van der Waals surface area (Å²) in [6.45, 7) is 0.342. The van der Waals surface area contributed by atoms with Crippen LogP contribution in [-0.4, -0.2) is 36.2 Å². The Labute approximate surface area is 161 Å². The lowest BCUT2D eigenvalue weighted by Crippen LogP contribution is -2.25. The largest absolute Gasteiger partial charge is 0.494 e. The highest BCUT2D eigenvalue weighted by atomic mass is 35.5. The summed E-state index contributed by atoms with van der Waals surface area (Å²) in [7, 11) is -6.21. The lowest BCUT2D eigenvalue weighted by atomic mass is 10.3. The van der Waals surface area contributed by atoms with E-state index in [1.54, 1.807) is 0 Å². The second-order valence-electron chi connectivity index (χ2n) is 5.81. The van der Waals surface area contributed by atoms with Gasteiger partial charge in [0, 0.05) is 6.54 Å². The Morgan fingerprint density at radius 1 is 1.22 bits per heavy atom. The van der Waals surface area contributed by atoms with Gasteiger partial charge in [0.25, 0.3) is 10.0 Å². The molecule has 3 rings (SSSR count). The van der Waals surface area contributed by atoms with E-state index in [0.29, 0.717) is 18.7 Å². The molecule has 1 N–H and O–H groups in total. The van der Waals surface area contributed by atoms with E-state index in [-0.39, 0.29) is 27.1 Å². The van der Waals surface area contributed by atoms with E-state index < -0.39 is 25.9 Å². The number of methoxy groups -OCH3 is 1. The van der Waals surface area contributed by atoms with Crippen molar-refractivity contribution < 1.29 is 26.0 Å². The Morgan fingerprint density at radius 2 is 1.96 bits per heavy atom. The average Bonchev–Trinajstić information content (AvgIpc) is 2.95. The van der Waals surface area contributed by atoms with Crippen LogP contribution in [0.4, 0.5) is 15.8 Å². The molecule has 146 valence electrons. The molecule has 1 aliphatic heterocycles.